The average Bonchev–Trinajstić information content (AvgIpc) is 2.69. The van der Waals surface area contributed by atoms with Crippen molar-refractivity contribution in [2.75, 3.05) is 5.32 Å². The predicted molar refractivity (Wildman–Crippen MR) is 105 cm³/mol. The molecule has 0 atom stereocenters. The zero-order valence-corrected chi connectivity index (χ0v) is 14.9. The van der Waals surface area contributed by atoms with E-state index in [1.807, 2.05) is 0 Å². The van der Waals surface area contributed by atoms with Crippen molar-refractivity contribution in [1.29, 1.82) is 0 Å². The van der Waals surface area contributed by atoms with Crippen LogP contribution in [0.2, 0.25) is 5.02 Å². The standard InChI is InChI=1S/C20H15ClN4O2/c21-18-7-2-1-6-17(18)20(27)24-16-5-3-4-14(12-16)13-23-25-19(26)15-8-10-22-11-9-15/h1-13H,(H,24,27)(H,25,26)/b23-13-. The second kappa shape index (κ2) is 8.73. The van der Waals surface area contributed by atoms with E-state index >= 15 is 0 Å². The van der Waals surface area contributed by atoms with Crippen molar-refractivity contribution in [3.63, 3.8) is 0 Å². The third-order valence-electron chi connectivity index (χ3n) is 3.59. The maximum Gasteiger partial charge on any atom is 0.271 e. The van der Waals surface area contributed by atoms with Crippen LogP contribution in [0.4, 0.5) is 5.69 Å². The monoisotopic (exact) mass is 378 g/mol. The van der Waals surface area contributed by atoms with Crippen LogP contribution >= 0.6 is 11.6 Å². The molecule has 27 heavy (non-hydrogen) atoms. The van der Waals surface area contributed by atoms with E-state index in [0.29, 0.717) is 27.4 Å². The van der Waals surface area contributed by atoms with Crippen LogP contribution in [0.5, 0.6) is 0 Å². The van der Waals surface area contributed by atoms with Crippen molar-refractivity contribution in [1.82, 2.24) is 10.4 Å². The third kappa shape index (κ3) is 4.99. The number of benzene rings is 2. The summed E-state index contributed by atoms with van der Waals surface area (Å²) in [5.74, 6) is -0.641. The van der Waals surface area contributed by atoms with Crippen molar-refractivity contribution < 1.29 is 9.59 Å². The summed E-state index contributed by atoms with van der Waals surface area (Å²) < 4.78 is 0. The van der Waals surface area contributed by atoms with Crippen molar-refractivity contribution in [2.45, 2.75) is 0 Å². The van der Waals surface area contributed by atoms with Gasteiger partial charge in [-0.25, -0.2) is 5.43 Å². The van der Waals surface area contributed by atoms with Crippen molar-refractivity contribution in [3.8, 4) is 0 Å². The fourth-order valence-electron chi connectivity index (χ4n) is 2.27. The molecule has 2 N–H and O–H groups in total. The summed E-state index contributed by atoms with van der Waals surface area (Å²) in [6.45, 7) is 0. The van der Waals surface area contributed by atoms with E-state index in [4.69, 9.17) is 11.6 Å². The fourth-order valence-corrected chi connectivity index (χ4v) is 2.50. The van der Waals surface area contributed by atoms with Gasteiger partial charge in [0.15, 0.2) is 0 Å². The molecule has 0 bridgehead atoms. The third-order valence-corrected chi connectivity index (χ3v) is 3.91. The van der Waals surface area contributed by atoms with Gasteiger partial charge in [-0.3, -0.25) is 14.6 Å². The summed E-state index contributed by atoms with van der Waals surface area (Å²) in [5, 5.41) is 7.10. The number of aromatic nitrogens is 1. The van der Waals surface area contributed by atoms with Crippen molar-refractivity contribution in [3.05, 3.63) is 94.8 Å². The fraction of sp³-hybridized carbons (Fsp3) is 0. The zero-order valence-electron chi connectivity index (χ0n) is 14.1. The predicted octanol–water partition coefficient (Wildman–Crippen LogP) is 3.75. The van der Waals surface area contributed by atoms with Crippen LogP contribution in [0, 0.1) is 0 Å². The molecular formula is C20H15ClN4O2. The first-order valence-corrected chi connectivity index (χ1v) is 8.40. The average molecular weight is 379 g/mol. The largest absolute Gasteiger partial charge is 0.322 e. The van der Waals surface area contributed by atoms with E-state index in [1.54, 1.807) is 60.7 Å². The van der Waals surface area contributed by atoms with Gasteiger partial charge in [-0.05, 0) is 42.0 Å². The van der Waals surface area contributed by atoms with Gasteiger partial charge in [0.25, 0.3) is 11.8 Å². The molecule has 0 aliphatic rings. The lowest BCUT2D eigenvalue weighted by Gasteiger charge is -2.07. The highest BCUT2D eigenvalue weighted by atomic mass is 35.5. The second-order valence-corrected chi connectivity index (χ2v) is 5.90. The molecule has 0 aliphatic carbocycles. The van der Waals surface area contributed by atoms with Gasteiger partial charge >= 0.3 is 0 Å². The molecule has 1 heterocycles. The maximum atomic E-state index is 12.3. The molecule has 0 spiro atoms. The van der Waals surface area contributed by atoms with Crippen LogP contribution in [0.1, 0.15) is 26.3 Å². The minimum atomic E-state index is -0.336. The molecule has 0 saturated carbocycles. The molecule has 2 aromatic carbocycles. The lowest BCUT2D eigenvalue weighted by molar-refractivity contribution is 0.0954. The number of nitrogens with one attached hydrogen (secondary N) is 2. The Hall–Kier alpha value is -3.51. The van der Waals surface area contributed by atoms with Crippen LogP contribution in [-0.2, 0) is 0 Å². The lowest BCUT2D eigenvalue weighted by atomic mass is 10.2. The number of halogens is 1. The Morgan fingerprint density at radius 2 is 1.74 bits per heavy atom. The number of nitrogens with zero attached hydrogens (tertiary/aromatic N) is 2. The smallest absolute Gasteiger partial charge is 0.271 e. The van der Waals surface area contributed by atoms with Gasteiger partial charge in [0.1, 0.15) is 0 Å². The molecule has 0 saturated heterocycles. The first kappa shape index (κ1) is 18.3. The molecule has 0 unspecified atom stereocenters. The summed E-state index contributed by atoms with van der Waals surface area (Å²) >= 11 is 6.04. The number of hydrogen-bond donors (Lipinski definition) is 2. The maximum absolute atomic E-state index is 12.3. The molecule has 1 aromatic heterocycles. The van der Waals surface area contributed by atoms with Crippen molar-refractivity contribution in [2.24, 2.45) is 5.10 Å². The van der Waals surface area contributed by atoms with Crippen LogP contribution < -0.4 is 10.7 Å². The second-order valence-electron chi connectivity index (χ2n) is 5.49. The van der Waals surface area contributed by atoms with E-state index in [-0.39, 0.29) is 11.8 Å². The van der Waals surface area contributed by atoms with E-state index in [1.165, 1.54) is 18.6 Å². The number of anilines is 1. The number of pyridine rings is 1. The lowest BCUT2D eigenvalue weighted by Crippen LogP contribution is -2.17. The Balaban J connectivity index is 1.64. The molecule has 0 fully saturated rings. The topological polar surface area (TPSA) is 83.5 Å². The number of hydrogen-bond acceptors (Lipinski definition) is 4. The molecule has 3 rings (SSSR count). The summed E-state index contributed by atoms with van der Waals surface area (Å²) in [7, 11) is 0. The molecular weight excluding hydrogens is 364 g/mol. The summed E-state index contributed by atoms with van der Waals surface area (Å²) in [4.78, 5) is 28.1. The first-order valence-electron chi connectivity index (χ1n) is 8.03. The highest BCUT2D eigenvalue weighted by Gasteiger charge is 2.09. The Kier molecular flexibility index (Phi) is 5.91. The van der Waals surface area contributed by atoms with Gasteiger partial charge in [-0.2, -0.15) is 5.10 Å². The van der Waals surface area contributed by atoms with E-state index < -0.39 is 0 Å². The summed E-state index contributed by atoms with van der Waals surface area (Å²) in [6.07, 6.45) is 4.55. The minimum absolute atomic E-state index is 0.305. The molecule has 3 aromatic rings. The Bertz CT molecular complexity index is 990. The number of rotatable bonds is 5. The number of carbonyl (C=O) groups is 2. The molecule has 0 radical (unpaired) electrons. The van der Waals surface area contributed by atoms with E-state index in [0.717, 1.165) is 0 Å². The molecule has 134 valence electrons. The van der Waals surface area contributed by atoms with Crippen LogP contribution in [0.25, 0.3) is 0 Å². The van der Waals surface area contributed by atoms with Gasteiger partial charge in [0.05, 0.1) is 16.8 Å². The Labute approximate surface area is 160 Å². The first-order chi connectivity index (χ1) is 13.1. The van der Waals surface area contributed by atoms with Gasteiger partial charge < -0.3 is 5.32 Å². The minimum Gasteiger partial charge on any atom is -0.322 e. The normalized spacial score (nSPS) is 10.6. The Morgan fingerprint density at radius 1 is 0.963 bits per heavy atom. The van der Waals surface area contributed by atoms with Crippen LogP contribution in [0.15, 0.2) is 78.2 Å². The summed E-state index contributed by atoms with van der Waals surface area (Å²) in [5.41, 5.74) is 4.59. The quantitative estimate of drug-likeness (QED) is 0.524. The van der Waals surface area contributed by atoms with Crippen LogP contribution in [-0.4, -0.2) is 23.0 Å². The van der Waals surface area contributed by atoms with Crippen molar-refractivity contribution >= 4 is 35.3 Å². The van der Waals surface area contributed by atoms with Crippen LogP contribution in [0.3, 0.4) is 0 Å². The molecule has 7 heteroatoms. The Morgan fingerprint density at radius 3 is 2.52 bits per heavy atom. The van der Waals surface area contributed by atoms with E-state index in [9.17, 15) is 9.59 Å². The van der Waals surface area contributed by atoms with E-state index in [2.05, 4.69) is 20.8 Å². The van der Waals surface area contributed by atoms with Gasteiger partial charge in [0.2, 0.25) is 0 Å². The highest BCUT2D eigenvalue weighted by Crippen LogP contribution is 2.17. The number of carbonyl (C=O) groups excluding carboxylic acids is 2. The number of amides is 2. The zero-order chi connectivity index (χ0) is 19.1. The SMILES string of the molecule is O=C(N/N=C\c1cccc(NC(=O)c2ccccc2Cl)c1)c1ccncc1. The molecule has 0 aliphatic heterocycles. The van der Waals surface area contributed by atoms with Gasteiger partial charge in [-0.15, -0.1) is 0 Å². The number of hydrazone groups is 1. The molecule has 6 nitrogen and oxygen atoms in total. The van der Waals surface area contributed by atoms with Gasteiger partial charge in [-0.1, -0.05) is 35.9 Å². The highest BCUT2D eigenvalue weighted by molar-refractivity contribution is 6.34. The summed E-state index contributed by atoms with van der Waals surface area (Å²) in [6, 6.07) is 17.1. The molecule has 2 amide bonds. The van der Waals surface area contributed by atoms with Gasteiger partial charge in [0, 0.05) is 23.6 Å².